The molecule has 0 bridgehead atoms. The first kappa shape index (κ1) is 19.7. The van der Waals surface area contributed by atoms with Gasteiger partial charge in [-0.2, -0.15) is 0 Å². The van der Waals surface area contributed by atoms with Gasteiger partial charge >= 0.3 is 5.97 Å². The molecule has 0 saturated heterocycles. The van der Waals surface area contributed by atoms with Gasteiger partial charge in [0, 0.05) is 11.7 Å². The lowest BCUT2D eigenvalue weighted by molar-refractivity contribution is -0.155. The first-order chi connectivity index (χ1) is 13.5. The average molecular weight is 383 g/mol. The van der Waals surface area contributed by atoms with Crippen molar-refractivity contribution >= 4 is 17.6 Å². The highest BCUT2D eigenvalue weighted by Crippen LogP contribution is 2.32. The molecule has 0 spiro atoms. The molecular formula is C22H25NO5. The van der Waals surface area contributed by atoms with Crippen LogP contribution in [-0.4, -0.2) is 37.2 Å². The van der Waals surface area contributed by atoms with Crippen molar-refractivity contribution in [2.75, 3.05) is 18.1 Å². The molecule has 1 aliphatic heterocycles. The number of hydrogen-bond acceptors (Lipinski definition) is 5. The van der Waals surface area contributed by atoms with Gasteiger partial charge in [0.15, 0.2) is 12.7 Å². The molecule has 2 aromatic carbocycles. The molecule has 2 aromatic rings. The Kier molecular flexibility index (Phi) is 6.19. The molecule has 6 heteroatoms. The minimum Gasteiger partial charge on any atom is -0.494 e. The number of amides is 1. The summed E-state index contributed by atoms with van der Waals surface area (Å²) in [6.07, 6.45) is -0.0892. The van der Waals surface area contributed by atoms with Crippen molar-refractivity contribution in [2.24, 2.45) is 0 Å². The SMILES string of the molecule is CCOc1ccc(OCC(=O)O[C@@H](C)C(=O)N2c3ccccc3C[C@@H]2C)cc1. The summed E-state index contributed by atoms with van der Waals surface area (Å²) in [5.41, 5.74) is 2.01. The predicted molar refractivity (Wildman–Crippen MR) is 106 cm³/mol. The van der Waals surface area contributed by atoms with Crippen molar-refractivity contribution in [2.45, 2.75) is 39.3 Å². The molecule has 0 aromatic heterocycles. The number of ether oxygens (including phenoxy) is 3. The fourth-order valence-electron chi connectivity index (χ4n) is 3.32. The van der Waals surface area contributed by atoms with Crippen molar-refractivity contribution in [3.63, 3.8) is 0 Å². The molecule has 0 fully saturated rings. The van der Waals surface area contributed by atoms with E-state index < -0.39 is 12.1 Å². The maximum atomic E-state index is 12.8. The zero-order chi connectivity index (χ0) is 20.1. The second-order valence-corrected chi connectivity index (χ2v) is 6.72. The van der Waals surface area contributed by atoms with Crippen molar-refractivity contribution in [3.8, 4) is 11.5 Å². The fourth-order valence-corrected chi connectivity index (χ4v) is 3.32. The second kappa shape index (κ2) is 8.78. The van der Waals surface area contributed by atoms with Crippen LogP contribution in [0, 0.1) is 0 Å². The zero-order valence-corrected chi connectivity index (χ0v) is 16.4. The van der Waals surface area contributed by atoms with Crippen LogP contribution in [0.4, 0.5) is 5.69 Å². The molecule has 1 aliphatic rings. The maximum absolute atomic E-state index is 12.8. The molecule has 1 heterocycles. The Morgan fingerprint density at radius 2 is 1.71 bits per heavy atom. The molecule has 148 valence electrons. The quantitative estimate of drug-likeness (QED) is 0.686. The summed E-state index contributed by atoms with van der Waals surface area (Å²) < 4.78 is 16.1. The number of anilines is 1. The third-order valence-corrected chi connectivity index (χ3v) is 4.59. The van der Waals surface area contributed by atoms with Crippen LogP contribution in [0.5, 0.6) is 11.5 Å². The topological polar surface area (TPSA) is 65.1 Å². The highest BCUT2D eigenvalue weighted by atomic mass is 16.6. The normalized spacial score (nSPS) is 16.2. The summed E-state index contributed by atoms with van der Waals surface area (Å²) in [4.78, 5) is 26.6. The van der Waals surface area contributed by atoms with Gasteiger partial charge in [-0.25, -0.2) is 4.79 Å². The summed E-state index contributed by atoms with van der Waals surface area (Å²) in [6.45, 7) is 5.80. The van der Waals surface area contributed by atoms with Crippen LogP contribution >= 0.6 is 0 Å². The van der Waals surface area contributed by atoms with Gasteiger partial charge < -0.3 is 19.1 Å². The molecule has 0 saturated carbocycles. The predicted octanol–water partition coefficient (Wildman–Crippen LogP) is 3.37. The van der Waals surface area contributed by atoms with Gasteiger partial charge in [0.05, 0.1) is 6.61 Å². The van der Waals surface area contributed by atoms with E-state index in [4.69, 9.17) is 14.2 Å². The molecule has 1 amide bonds. The smallest absolute Gasteiger partial charge is 0.344 e. The number of esters is 1. The average Bonchev–Trinajstić information content (AvgIpc) is 3.02. The third-order valence-electron chi connectivity index (χ3n) is 4.59. The number of rotatable bonds is 7. The molecule has 0 unspecified atom stereocenters. The molecule has 0 N–H and O–H groups in total. The third kappa shape index (κ3) is 4.44. The Bertz CT molecular complexity index is 833. The van der Waals surface area contributed by atoms with Gasteiger partial charge in [0.25, 0.3) is 5.91 Å². The lowest BCUT2D eigenvalue weighted by atomic mass is 10.1. The molecular weight excluding hydrogens is 358 g/mol. The largest absolute Gasteiger partial charge is 0.494 e. The molecule has 0 radical (unpaired) electrons. The van der Waals surface area contributed by atoms with Gasteiger partial charge in [-0.1, -0.05) is 18.2 Å². The van der Waals surface area contributed by atoms with Gasteiger partial charge in [0.1, 0.15) is 11.5 Å². The Hall–Kier alpha value is -3.02. The van der Waals surface area contributed by atoms with Gasteiger partial charge in [-0.3, -0.25) is 4.79 Å². The number of carbonyl (C=O) groups is 2. The second-order valence-electron chi connectivity index (χ2n) is 6.72. The standard InChI is InChI=1S/C22H25NO5/c1-4-26-18-9-11-19(12-10-18)27-14-21(24)28-16(3)22(25)23-15(2)13-17-7-5-6-8-20(17)23/h5-12,15-16H,4,13-14H2,1-3H3/t15-,16-/m0/s1. The van der Waals surface area contributed by atoms with E-state index >= 15 is 0 Å². The van der Waals surface area contributed by atoms with Gasteiger partial charge in [-0.05, 0) is 63.1 Å². The monoisotopic (exact) mass is 383 g/mol. The highest BCUT2D eigenvalue weighted by molar-refractivity contribution is 5.99. The van der Waals surface area contributed by atoms with Crippen LogP contribution in [0.15, 0.2) is 48.5 Å². The Balaban J connectivity index is 1.53. The molecule has 3 rings (SSSR count). The molecule has 6 nitrogen and oxygen atoms in total. The van der Waals surface area contributed by atoms with Crippen LogP contribution in [0.25, 0.3) is 0 Å². The minimum atomic E-state index is -0.884. The Labute approximate surface area is 165 Å². The van der Waals surface area contributed by atoms with E-state index in [0.29, 0.717) is 12.4 Å². The van der Waals surface area contributed by atoms with E-state index in [1.165, 1.54) is 0 Å². The van der Waals surface area contributed by atoms with Gasteiger partial charge in [0.2, 0.25) is 0 Å². The molecule has 2 atom stereocenters. The fraction of sp³-hybridized carbons (Fsp3) is 0.364. The lowest BCUT2D eigenvalue weighted by Gasteiger charge is -2.25. The van der Waals surface area contributed by atoms with Gasteiger partial charge in [-0.15, -0.1) is 0 Å². The van der Waals surface area contributed by atoms with Crippen molar-refractivity contribution in [1.82, 2.24) is 0 Å². The van der Waals surface area contributed by atoms with Crippen LogP contribution in [-0.2, 0) is 20.7 Å². The molecule has 28 heavy (non-hydrogen) atoms. The Morgan fingerprint density at radius 1 is 1.07 bits per heavy atom. The van der Waals surface area contributed by atoms with E-state index in [1.54, 1.807) is 36.1 Å². The van der Waals surface area contributed by atoms with Crippen molar-refractivity contribution < 1.29 is 23.8 Å². The van der Waals surface area contributed by atoms with E-state index in [0.717, 1.165) is 23.4 Å². The summed E-state index contributed by atoms with van der Waals surface area (Å²) in [5.74, 6) is 0.444. The molecule has 0 aliphatic carbocycles. The number of benzene rings is 2. The number of nitrogens with zero attached hydrogens (tertiary/aromatic N) is 1. The van der Waals surface area contributed by atoms with Crippen LogP contribution in [0.3, 0.4) is 0 Å². The van der Waals surface area contributed by atoms with E-state index in [-0.39, 0.29) is 18.6 Å². The van der Waals surface area contributed by atoms with Crippen LogP contribution < -0.4 is 14.4 Å². The van der Waals surface area contributed by atoms with Crippen LogP contribution in [0.2, 0.25) is 0 Å². The number of para-hydroxylation sites is 1. The summed E-state index contributed by atoms with van der Waals surface area (Å²) >= 11 is 0. The summed E-state index contributed by atoms with van der Waals surface area (Å²) in [5, 5.41) is 0. The first-order valence-electron chi connectivity index (χ1n) is 9.45. The zero-order valence-electron chi connectivity index (χ0n) is 16.4. The van der Waals surface area contributed by atoms with E-state index in [2.05, 4.69) is 0 Å². The van der Waals surface area contributed by atoms with Crippen molar-refractivity contribution in [3.05, 3.63) is 54.1 Å². The number of fused-ring (bicyclic) bond motifs is 1. The summed E-state index contributed by atoms with van der Waals surface area (Å²) in [7, 11) is 0. The number of hydrogen-bond donors (Lipinski definition) is 0. The van der Waals surface area contributed by atoms with E-state index in [1.807, 2.05) is 38.1 Å². The first-order valence-corrected chi connectivity index (χ1v) is 9.45. The lowest BCUT2D eigenvalue weighted by Crippen LogP contribution is -2.43. The summed E-state index contributed by atoms with van der Waals surface area (Å²) in [6, 6.07) is 14.8. The Morgan fingerprint density at radius 3 is 2.39 bits per heavy atom. The maximum Gasteiger partial charge on any atom is 0.344 e. The van der Waals surface area contributed by atoms with Crippen molar-refractivity contribution in [1.29, 1.82) is 0 Å². The number of carbonyl (C=O) groups excluding carboxylic acids is 2. The highest BCUT2D eigenvalue weighted by Gasteiger charge is 2.34. The van der Waals surface area contributed by atoms with E-state index in [9.17, 15) is 9.59 Å². The minimum absolute atomic E-state index is 0.0335. The van der Waals surface area contributed by atoms with Crippen LogP contribution in [0.1, 0.15) is 26.3 Å².